The molecule has 0 aromatic carbocycles. The van der Waals surface area contributed by atoms with Crippen molar-refractivity contribution < 1.29 is 10.0 Å². The van der Waals surface area contributed by atoms with Crippen LogP contribution in [0.5, 0.6) is 0 Å². The van der Waals surface area contributed by atoms with E-state index in [-0.39, 0.29) is 11.7 Å². The van der Waals surface area contributed by atoms with Gasteiger partial charge in [0.1, 0.15) is 5.41 Å². The van der Waals surface area contributed by atoms with Gasteiger partial charge in [0.25, 0.3) is 0 Å². The molecule has 3 N–H and O–H groups in total. The highest BCUT2D eigenvalue weighted by Gasteiger charge is 2.47. The van der Waals surface area contributed by atoms with Crippen molar-refractivity contribution in [1.29, 1.82) is 0 Å². The zero-order valence-electron chi connectivity index (χ0n) is 12.5. The molecule has 0 unspecified atom stereocenters. The number of nitrogens with zero attached hydrogens (tertiary/aromatic N) is 2. The standard InChI is InChI=1S/C15H27N3O2/c1-2-18(12-8-4-5-9-12)14(19)15(13(16)17-20)10-6-3-7-11-15/h12,20H,2-11H2,1H3,(H2,16,17). The van der Waals surface area contributed by atoms with E-state index in [1.807, 2.05) is 11.8 Å². The summed E-state index contributed by atoms with van der Waals surface area (Å²) in [5.41, 5.74) is 5.17. The van der Waals surface area contributed by atoms with Gasteiger partial charge in [-0.05, 0) is 32.6 Å². The summed E-state index contributed by atoms with van der Waals surface area (Å²) in [5, 5.41) is 12.3. The average Bonchev–Trinajstić information content (AvgIpc) is 3.01. The van der Waals surface area contributed by atoms with E-state index in [1.54, 1.807) is 0 Å². The van der Waals surface area contributed by atoms with Gasteiger partial charge in [0.05, 0.1) is 0 Å². The zero-order chi connectivity index (χ0) is 14.6. The lowest BCUT2D eigenvalue weighted by atomic mass is 9.71. The van der Waals surface area contributed by atoms with Crippen molar-refractivity contribution in [3.05, 3.63) is 0 Å². The molecule has 0 heterocycles. The molecule has 1 amide bonds. The quantitative estimate of drug-likeness (QED) is 0.359. The molecule has 5 nitrogen and oxygen atoms in total. The molecule has 2 rings (SSSR count). The number of nitrogens with two attached hydrogens (primary N) is 1. The predicted molar refractivity (Wildman–Crippen MR) is 78.6 cm³/mol. The Morgan fingerprint density at radius 3 is 2.35 bits per heavy atom. The Kier molecular flexibility index (Phi) is 4.89. The van der Waals surface area contributed by atoms with Gasteiger partial charge in [-0.1, -0.05) is 37.3 Å². The van der Waals surface area contributed by atoms with Crippen molar-refractivity contribution in [1.82, 2.24) is 4.90 Å². The normalized spacial score (nSPS) is 23.8. The monoisotopic (exact) mass is 281 g/mol. The van der Waals surface area contributed by atoms with E-state index < -0.39 is 5.41 Å². The van der Waals surface area contributed by atoms with Gasteiger partial charge in [-0.15, -0.1) is 0 Å². The lowest BCUT2D eigenvalue weighted by Crippen LogP contribution is -2.54. The second kappa shape index (κ2) is 6.46. The van der Waals surface area contributed by atoms with Crippen LogP contribution in [0.3, 0.4) is 0 Å². The second-order valence-electron chi connectivity index (χ2n) is 6.16. The van der Waals surface area contributed by atoms with Crippen molar-refractivity contribution in [3.63, 3.8) is 0 Å². The minimum Gasteiger partial charge on any atom is -0.409 e. The molecule has 0 bridgehead atoms. The fourth-order valence-electron chi connectivity index (χ4n) is 3.89. The molecule has 0 aliphatic heterocycles. The first-order chi connectivity index (χ1) is 9.65. The Balaban J connectivity index is 2.24. The molecule has 2 aliphatic rings. The van der Waals surface area contributed by atoms with E-state index >= 15 is 0 Å². The second-order valence-corrected chi connectivity index (χ2v) is 6.16. The van der Waals surface area contributed by atoms with Crippen molar-refractivity contribution in [3.8, 4) is 0 Å². The van der Waals surface area contributed by atoms with Gasteiger partial charge in [0.2, 0.25) is 5.91 Å². The van der Waals surface area contributed by atoms with Crippen molar-refractivity contribution in [2.75, 3.05) is 6.54 Å². The van der Waals surface area contributed by atoms with Crippen LogP contribution in [0.25, 0.3) is 0 Å². The third-order valence-electron chi connectivity index (χ3n) is 5.08. The Morgan fingerprint density at radius 1 is 1.25 bits per heavy atom. The molecule has 2 fully saturated rings. The summed E-state index contributed by atoms with van der Waals surface area (Å²) < 4.78 is 0. The Morgan fingerprint density at radius 2 is 1.85 bits per heavy atom. The molecule has 0 aromatic rings. The molecule has 0 saturated heterocycles. The summed E-state index contributed by atoms with van der Waals surface area (Å²) in [4.78, 5) is 15.1. The van der Waals surface area contributed by atoms with Gasteiger partial charge < -0.3 is 15.8 Å². The zero-order valence-corrected chi connectivity index (χ0v) is 12.5. The molecule has 0 atom stereocenters. The number of carbonyl (C=O) groups excluding carboxylic acids is 1. The number of carbonyl (C=O) groups is 1. The summed E-state index contributed by atoms with van der Waals surface area (Å²) >= 11 is 0. The average molecular weight is 281 g/mol. The maximum absolute atomic E-state index is 13.1. The Hall–Kier alpha value is -1.26. The molecule has 0 spiro atoms. The molecule has 2 aliphatic carbocycles. The van der Waals surface area contributed by atoms with Gasteiger partial charge >= 0.3 is 0 Å². The Labute approximate surface area is 121 Å². The molecule has 0 radical (unpaired) electrons. The first-order valence-electron chi connectivity index (χ1n) is 7.95. The highest BCUT2D eigenvalue weighted by molar-refractivity contribution is 6.06. The smallest absolute Gasteiger partial charge is 0.236 e. The number of oxime groups is 1. The minimum atomic E-state index is -0.758. The number of rotatable bonds is 4. The SMILES string of the molecule is CCN(C(=O)C1(C(N)=NO)CCCCC1)C1CCCC1. The van der Waals surface area contributed by atoms with Crippen LogP contribution < -0.4 is 5.73 Å². The molecule has 0 aromatic heterocycles. The van der Waals surface area contributed by atoms with Crippen molar-refractivity contribution in [2.24, 2.45) is 16.3 Å². The van der Waals surface area contributed by atoms with Crippen LogP contribution in [0, 0.1) is 5.41 Å². The van der Waals surface area contributed by atoms with Crippen LogP contribution in [-0.2, 0) is 4.79 Å². The van der Waals surface area contributed by atoms with Crippen molar-refractivity contribution >= 4 is 11.7 Å². The van der Waals surface area contributed by atoms with Gasteiger partial charge in [0.15, 0.2) is 5.84 Å². The molecule has 114 valence electrons. The van der Waals surface area contributed by atoms with Crippen molar-refractivity contribution in [2.45, 2.75) is 70.8 Å². The Bertz CT molecular complexity index is 369. The summed E-state index contributed by atoms with van der Waals surface area (Å²) in [6.07, 6.45) is 9.08. The molecular formula is C15H27N3O2. The number of hydrogen-bond acceptors (Lipinski definition) is 3. The maximum Gasteiger partial charge on any atom is 0.236 e. The van der Waals surface area contributed by atoms with Crippen LogP contribution in [0.15, 0.2) is 5.16 Å². The van der Waals surface area contributed by atoms with Gasteiger partial charge in [0, 0.05) is 12.6 Å². The molecular weight excluding hydrogens is 254 g/mol. The maximum atomic E-state index is 13.1. The van der Waals surface area contributed by atoms with Crippen LogP contribution in [0.1, 0.15) is 64.7 Å². The number of amides is 1. The first kappa shape index (κ1) is 15.1. The van der Waals surface area contributed by atoms with E-state index in [0.29, 0.717) is 25.4 Å². The highest BCUT2D eigenvalue weighted by atomic mass is 16.4. The highest BCUT2D eigenvalue weighted by Crippen LogP contribution is 2.39. The third-order valence-corrected chi connectivity index (χ3v) is 5.08. The lowest BCUT2D eigenvalue weighted by molar-refractivity contribution is -0.142. The first-order valence-corrected chi connectivity index (χ1v) is 7.95. The third kappa shape index (κ3) is 2.63. The van der Waals surface area contributed by atoms with Gasteiger partial charge in [-0.3, -0.25) is 4.79 Å². The predicted octanol–water partition coefficient (Wildman–Crippen LogP) is 2.47. The van der Waals surface area contributed by atoms with Crippen LogP contribution >= 0.6 is 0 Å². The van der Waals surface area contributed by atoms with E-state index in [0.717, 1.165) is 32.1 Å². The van der Waals surface area contributed by atoms with E-state index in [4.69, 9.17) is 10.9 Å². The topological polar surface area (TPSA) is 78.9 Å². The van der Waals surface area contributed by atoms with E-state index in [2.05, 4.69) is 5.16 Å². The fourth-order valence-corrected chi connectivity index (χ4v) is 3.89. The van der Waals surface area contributed by atoms with Crippen LogP contribution in [-0.4, -0.2) is 34.4 Å². The largest absolute Gasteiger partial charge is 0.409 e. The van der Waals surface area contributed by atoms with E-state index in [1.165, 1.54) is 12.8 Å². The summed E-state index contributed by atoms with van der Waals surface area (Å²) in [6.45, 7) is 2.74. The summed E-state index contributed by atoms with van der Waals surface area (Å²) in [6, 6.07) is 0.345. The molecule has 20 heavy (non-hydrogen) atoms. The summed E-state index contributed by atoms with van der Waals surface area (Å²) in [7, 11) is 0. The molecule has 2 saturated carbocycles. The number of amidine groups is 1. The summed E-state index contributed by atoms with van der Waals surface area (Å²) in [5.74, 6) is 0.195. The molecule has 5 heteroatoms. The minimum absolute atomic E-state index is 0.0851. The van der Waals surface area contributed by atoms with Gasteiger partial charge in [-0.2, -0.15) is 0 Å². The fraction of sp³-hybridized carbons (Fsp3) is 0.867. The van der Waals surface area contributed by atoms with Crippen LogP contribution in [0.2, 0.25) is 0 Å². The van der Waals surface area contributed by atoms with E-state index in [9.17, 15) is 4.79 Å². The van der Waals surface area contributed by atoms with Crippen LogP contribution in [0.4, 0.5) is 0 Å². The van der Waals surface area contributed by atoms with Gasteiger partial charge in [-0.25, -0.2) is 0 Å². The lowest BCUT2D eigenvalue weighted by Gasteiger charge is -2.40. The number of hydrogen-bond donors (Lipinski definition) is 2.